The van der Waals surface area contributed by atoms with Gasteiger partial charge in [-0.25, -0.2) is 0 Å². The van der Waals surface area contributed by atoms with Gasteiger partial charge in [0.1, 0.15) is 0 Å². The highest BCUT2D eigenvalue weighted by atomic mass is 32.2. The predicted molar refractivity (Wildman–Crippen MR) is 67.3 cm³/mol. The molecule has 3 heteroatoms. The van der Waals surface area contributed by atoms with E-state index in [1.807, 2.05) is 17.8 Å². The maximum atomic E-state index is 4.45. The summed E-state index contributed by atoms with van der Waals surface area (Å²) in [5.74, 6) is 0. The summed E-state index contributed by atoms with van der Waals surface area (Å²) in [5.41, 5.74) is 1.31. The van der Waals surface area contributed by atoms with E-state index in [4.69, 9.17) is 0 Å². The first-order chi connectivity index (χ1) is 7.25. The van der Waals surface area contributed by atoms with Crippen molar-refractivity contribution in [2.75, 3.05) is 6.54 Å². The summed E-state index contributed by atoms with van der Waals surface area (Å²) in [6.07, 6.45) is 0. The van der Waals surface area contributed by atoms with Crippen LogP contribution in [0.2, 0.25) is 0 Å². The molecule has 1 aromatic carbocycles. The highest BCUT2D eigenvalue weighted by Crippen LogP contribution is 2.21. The molecule has 80 valence electrons. The standard InChI is InChI=1S/C12H16N2S/c1-9-8-13-12(15-9)14-10(2)11-6-4-3-5-7-11/h3-7,9-10H,8H2,1-2H3,(H,13,14)/t9-,10+/m0/s1. The van der Waals surface area contributed by atoms with Crippen LogP contribution in [0.15, 0.2) is 35.3 Å². The Bertz CT molecular complexity index is 348. The molecule has 2 rings (SSSR count). The normalized spacial score (nSPS) is 22.3. The average molecular weight is 220 g/mol. The Morgan fingerprint density at radius 2 is 2.13 bits per heavy atom. The third-order valence-electron chi connectivity index (χ3n) is 2.44. The summed E-state index contributed by atoms with van der Waals surface area (Å²) in [6, 6.07) is 10.8. The molecule has 1 aliphatic heterocycles. The minimum atomic E-state index is 0.336. The number of aliphatic imine (C=N–C) groups is 1. The topological polar surface area (TPSA) is 24.4 Å². The van der Waals surface area contributed by atoms with E-state index >= 15 is 0 Å². The fraction of sp³-hybridized carbons (Fsp3) is 0.417. The smallest absolute Gasteiger partial charge is 0.157 e. The Balaban J connectivity index is 1.96. The fourth-order valence-corrected chi connectivity index (χ4v) is 2.49. The van der Waals surface area contributed by atoms with Crippen molar-refractivity contribution in [3.05, 3.63) is 35.9 Å². The first kappa shape index (κ1) is 10.6. The van der Waals surface area contributed by atoms with E-state index in [9.17, 15) is 0 Å². The van der Waals surface area contributed by atoms with Crippen molar-refractivity contribution in [2.45, 2.75) is 25.1 Å². The van der Waals surface area contributed by atoms with Gasteiger partial charge in [0.2, 0.25) is 0 Å². The Labute approximate surface area is 95.2 Å². The second kappa shape index (κ2) is 4.71. The molecule has 2 atom stereocenters. The molecular formula is C12H16N2S. The Morgan fingerprint density at radius 1 is 1.40 bits per heavy atom. The van der Waals surface area contributed by atoms with Gasteiger partial charge >= 0.3 is 0 Å². The van der Waals surface area contributed by atoms with E-state index in [-0.39, 0.29) is 0 Å². The number of thioether (sulfide) groups is 1. The molecule has 0 fully saturated rings. The first-order valence-electron chi connectivity index (χ1n) is 5.28. The SMILES string of the molecule is C[C@H]1CN=C(N[C@H](C)c2ccccc2)S1. The van der Waals surface area contributed by atoms with Gasteiger partial charge in [0, 0.05) is 5.25 Å². The van der Waals surface area contributed by atoms with Crippen LogP contribution < -0.4 is 5.32 Å². The molecular weight excluding hydrogens is 204 g/mol. The molecule has 0 spiro atoms. The lowest BCUT2D eigenvalue weighted by Gasteiger charge is -2.14. The number of amidine groups is 1. The Hall–Kier alpha value is -0.960. The number of hydrogen-bond donors (Lipinski definition) is 1. The van der Waals surface area contributed by atoms with Gasteiger partial charge in [-0.1, -0.05) is 49.0 Å². The molecule has 0 bridgehead atoms. The molecule has 0 aliphatic carbocycles. The molecule has 0 aromatic heterocycles. The molecule has 0 amide bonds. The Kier molecular flexibility index (Phi) is 3.31. The van der Waals surface area contributed by atoms with Gasteiger partial charge in [-0.3, -0.25) is 4.99 Å². The van der Waals surface area contributed by atoms with Crippen LogP contribution in [-0.2, 0) is 0 Å². The van der Waals surface area contributed by atoms with Crippen molar-refractivity contribution >= 4 is 16.9 Å². The molecule has 0 saturated carbocycles. The number of nitrogens with one attached hydrogen (secondary N) is 1. The third-order valence-corrected chi connectivity index (χ3v) is 3.47. The molecule has 0 saturated heterocycles. The number of rotatable bonds is 2. The summed E-state index contributed by atoms with van der Waals surface area (Å²) in [7, 11) is 0. The van der Waals surface area contributed by atoms with Crippen molar-refractivity contribution < 1.29 is 0 Å². The van der Waals surface area contributed by atoms with Gasteiger partial charge in [-0.05, 0) is 12.5 Å². The van der Waals surface area contributed by atoms with Crippen molar-refractivity contribution in [3.63, 3.8) is 0 Å². The lowest BCUT2D eigenvalue weighted by Crippen LogP contribution is -2.23. The first-order valence-corrected chi connectivity index (χ1v) is 6.16. The lowest BCUT2D eigenvalue weighted by atomic mass is 10.1. The minimum absolute atomic E-state index is 0.336. The summed E-state index contributed by atoms with van der Waals surface area (Å²) >= 11 is 1.83. The highest BCUT2D eigenvalue weighted by Gasteiger charge is 2.16. The second-order valence-corrected chi connectivity index (χ2v) is 5.28. The van der Waals surface area contributed by atoms with Gasteiger partial charge in [-0.2, -0.15) is 0 Å². The fourth-order valence-electron chi connectivity index (χ4n) is 1.57. The average Bonchev–Trinajstić information content (AvgIpc) is 2.65. The number of hydrogen-bond acceptors (Lipinski definition) is 3. The van der Waals surface area contributed by atoms with Gasteiger partial charge in [0.05, 0.1) is 12.6 Å². The predicted octanol–water partition coefficient (Wildman–Crippen LogP) is 2.83. The quantitative estimate of drug-likeness (QED) is 0.829. The van der Waals surface area contributed by atoms with E-state index in [0.29, 0.717) is 11.3 Å². The van der Waals surface area contributed by atoms with Crippen LogP contribution in [0.5, 0.6) is 0 Å². The molecule has 2 nitrogen and oxygen atoms in total. The van der Waals surface area contributed by atoms with Crippen LogP contribution in [0.3, 0.4) is 0 Å². The minimum Gasteiger partial charge on any atom is -0.358 e. The highest BCUT2D eigenvalue weighted by molar-refractivity contribution is 8.14. The summed E-state index contributed by atoms with van der Waals surface area (Å²) < 4.78 is 0. The van der Waals surface area contributed by atoms with Crippen LogP contribution in [-0.4, -0.2) is 17.0 Å². The van der Waals surface area contributed by atoms with Crippen molar-refractivity contribution in [1.29, 1.82) is 0 Å². The van der Waals surface area contributed by atoms with E-state index in [0.717, 1.165) is 11.7 Å². The van der Waals surface area contributed by atoms with E-state index in [2.05, 4.69) is 48.4 Å². The van der Waals surface area contributed by atoms with E-state index < -0.39 is 0 Å². The zero-order valence-electron chi connectivity index (χ0n) is 9.10. The second-order valence-electron chi connectivity index (χ2n) is 3.85. The molecule has 1 aromatic rings. The molecule has 1 aliphatic rings. The van der Waals surface area contributed by atoms with Crippen molar-refractivity contribution in [1.82, 2.24) is 5.32 Å². The molecule has 0 unspecified atom stereocenters. The van der Waals surface area contributed by atoms with Crippen LogP contribution >= 0.6 is 11.8 Å². The van der Waals surface area contributed by atoms with Crippen LogP contribution in [0, 0.1) is 0 Å². The lowest BCUT2D eigenvalue weighted by molar-refractivity contribution is 0.723. The Morgan fingerprint density at radius 3 is 2.73 bits per heavy atom. The zero-order valence-corrected chi connectivity index (χ0v) is 9.92. The third kappa shape index (κ3) is 2.75. The van der Waals surface area contributed by atoms with Crippen LogP contribution in [0.25, 0.3) is 0 Å². The summed E-state index contributed by atoms with van der Waals surface area (Å²) in [6.45, 7) is 5.31. The van der Waals surface area contributed by atoms with Crippen molar-refractivity contribution in [3.8, 4) is 0 Å². The van der Waals surface area contributed by atoms with Crippen molar-refractivity contribution in [2.24, 2.45) is 4.99 Å². The summed E-state index contributed by atoms with van der Waals surface area (Å²) in [5, 5.41) is 5.14. The number of benzene rings is 1. The van der Waals surface area contributed by atoms with Crippen LogP contribution in [0.4, 0.5) is 0 Å². The monoisotopic (exact) mass is 220 g/mol. The maximum absolute atomic E-state index is 4.45. The van der Waals surface area contributed by atoms with Crippen LogP contribution in [0.1, 0.15) is 25.5 Å². The van der Waals surface area contributed by atoms with E-state index in [1.165, 1.54) is 5.56 Å². The largest absolute Gasteiger partial charge is 0.358 e. The van der Waals surface area contributed by atoms with Gasteiger partial charge in [-0.15, -0.1) is 0 Å². The van der Waals surface area contributed by atoms with Gasteiger partial charge in [0.15, 0.2) is 5.17 Å². The molecule has 0 radical (unpaired) electrons. The zero-order chi connectivity index (χ0) is 10.7. The van der Waals surface area contributed by atoms with Gasteiger partial charge in [0.25, 0.3) is 0 Å². The maximum Gasteiger partial charge on any atom is 0.157 e. The molecule has 15 heavy (non-hydrogen) atoms. The van der Waals surface area contributed by atoms with E-state index in [1.54, 1.807) is 0 Å². The van der Waals surface area contributed by atoms with Gasteiger partial charge < -0.3 is 5.32 Å². The molecule has 1 N–H and O–H groups in total. The summed E-state index contributed by atoms with van der Waals surface area (Å²) in [4.78, 5) is 4.45. The number of nitrogens with zero attached hydrogens (tertiary/aromatic N) is 1. The molecule has 1 heterocycles.